The van der Waals surface area contributed by atoms with Crippen LogP contribution in [-0.4, -0.2) is 16.9 Å². The van der Waals surface area contributed by atoms with Crippen molar-refractivity contribution in [2.75, 3.05) is 5.32 Å². The highest BCUT2D eigenvalue weighted by Gasteiger charge is 2.35. The maximum Gasteiger partial charge on any atom is 0.277 e. The molecule has 0 saturated heterocycles. The molecule has 0 aliphatic carbocycles. The monoisotopic (exact) mass is 274 g/mol. The van der Waals surface area contributed by atoms with Crippen LogP contribution in [0.25, 0.3) is 0 Å². The molecule has 0 bridgehead atoms. The summed E-state index contributed by atoms with van der Waals surface area (Å²) < 4.78 is 16.1. The number of hydrogen-bond donors (Lipinski definition) is 1. The van der Waals surface area contributed by atoms with Crippen molar-refractivity contribution in [3.63, 3.8) is 0 Å². The number of fused-ring (bicyclic) bond motifs is 1. The Morgan fingerprint density at radius 1 is 1.30 bits per heavy atom. The summed E-state index contributed by atoms with van der Waals surface area (Å²) >= 11 is 0. The van der Waals surface area contributed by atoms with Crippen LogP contribution in [0.5, 0.6) is 11.5 Å². The Bertz CT molecular complexity index is 639. The zero-order valence-electron chi connectivity index (χ0n) is 11.2. The first-order valence-electron chi connectivity index (χ1n) is 6.33. The zero-order chi connectivity index (χ0) is 14.2. The molecule has 104 valence electrons. The van der Waals surface area contributed by atoms with Crippen LogP contribution in [0.1, 0.15) is 30.8 Å². The van der Waals surface area contributed by atoms with Gasteiger partial charge in [0.25, 0.3) is 5.91 Å². The molecule has 0 saturated carbocycles. The normalized spacial score (nSPS) is 19.9. The van der Waals surface area contributed by atoms with E-state index in [1.165, 1.54) is 12.3 Å². The van der Waals surface area contributed by atoms with Gasteiger partial charge in [-0.3, -0.25) is 4.79 Å². The van der Waals surface area contributed by atoms with Gasteiger partial charge in [0.05, 0.1) is 0 Å². The Morgan fingerprint density at radius 2 is 2.10 bits per heavy atom. The van der Waals surface area contributed by atoms with Crippen LogP contribution in [0, 0.1) is 0 Å². The number of ether oxygens (including phenoxy) is 2. The molecule has 0 fully saturated rings. The van der Waals surface area contributed by atoms with E-state index in [0.717, 1.165) is 6.42 Å². The highest BCUT2D eigenvalue weighted by Crippen LogP contribution is 2.42. The zero-order valence-corrected chi connectivity index (χ0v) is 11.2. The van der Waals surface area contributed by atoms with Crippen LogP contribution in [0.3, 0.4) is 0 Å². The maximum absolute atomic E-state index is 11.9. The summed E-state index contributed by atoms with van der Waals surface area (Å²) in [6.45, 7) is 3.86. The Kier molecular flexibility index (Phi) is 2.85. The lowest BCUT2D eigenvalue weighted by molar-refractivity contribution is -0.0640. The predicted octanol–water partition coefficient (Wildman–Crippen LogP) is 2.82. The standard InChI is InChI=1S/C14H14N2O4/c1-3-14(2)19-11-5-4-9(8-12(11)20-14)15-13(17)10-6-7-18-16-10/h4-8H,3H2,1-2H3,(H,15,17). The number of hydrogen-bond acceptors (Lipinski definition) is 5. The molecule has 1 unspecified atom stereocenters. The fourth-order valence-corrected chi connectivity index (χ4v) is 1.91. The molecule has 1 amide bonds. The van der Waals surface area contributed by atoms with Gasteiger partial charge in [0, 0.05) is 31.2 Å². The number of aromatic nitrogens is 1. The van der Waals surface area contributed by atoms with Crippen molar-refractivity contribution in [3.05, 3.63) is 36.2 Å². The Labute approximate surface area is 115 Å². The lowest BCUT2D eigenvalue weighted by atomic mass is 10.2. The second kappa shape index (κ2) is 4.56. The number of amides is 1. The minimum absolute atomic E-state index is 0.223. The average molecular weight is 274 g/mol. The molecule has 1 aliphatic heterocycles. The fourth-order valence-electron chi connectivity index (χ4n) is 1.91. The molecule has 20 heavy (non-hydrogen) atoms. The lowest BCUT2D eigenvalue weighted by Crippen LogP contribution is -2.33. The third-order valence-electron chi connectivity index (χ3n) is 3.17. The molecule has 2 aromatic rings. The van der Waals surface area contributed by atoms with E-state index in [-0.39, 0.29) is 11.6 Å². The summed E-state index contributed by atoms with van der Waals surface area (Å²) in [5.41, 5.74) is 0.835. The number of nitrogens with zero attached hydrogens (tertiary/aromatic N) is 1. The van der Waals surface area contributed by atoms with Crippen LogP contribution in [0.2, 0.25) is 0 Å². The molecule has 0 spiro atoms. The predicted molar refractivity (Wildman–Crippen MR) is 70.9 cm³/mol. The lowest BCUT2D eigenvalue weighted by Gasteiger charge is -2.20. The minimum atomic E-state index is -0.642. The molecule has 1 aromatic heterocycles. The number of carbonyl (C=O) groups excluding carboxylic acids is 1. The smallest absolute Gasteiger partial charge is 0.277 e. The molecule has 1 aliphatic rings. The second-order valence-corrected chi connectivity index (χ2v) is 4.69. The molecule has 1 N–H and O–H groups in total. The first-order valence-corrected chi connectivity index (χ1v) is 6.33. The van der Waals surface area contributed by atoms with Crippen molar-refractivity contribution in [2.24, 2.45) is 0 Å². The number of benzene rings is 1. The number of rotatable bonds is 3. The van der Waals surface area contributed by atoms with Gasteiger partial charge in [0.1, 0.15) is 6.26 Å². The molecule has 1 atom stereocenters. The van der Waals surface area contributed by atoms with Gasteiger partial charge in [-0.05, 0) is 12.1 Å². The molecule has 3 rings (SSSR count). The van der Waals surface area contributed by atoms with E-state index in [4.69, 9.17) is 9.47 Å². The van der Waals surface area contributed by atoms with Crippen LogP contribution in [-0.2, 0) is 0 Å². The topological polar surface area (TPSA) is 73.6 Å². The van der Waals surface area contributed by atoms with Gasteiger partial charge in [-0.2, -0.15) is 0 Å². The van der Waals surface area contributed by atoms with Crippen LogP contribution in [0.4, 0.5) is 5.69 Å². The Hall–Kier alpha value is -2.50. The molecular formula is C14H14N2O4. The summed E-state index contributed by atoms with van der Waals surface area (Å²) in [6, 6.07) is 6.75. The van der Waals surface area contributed by atoms with E-state index in [9.17, 15) is 4.79 Å². The van der Waals surface area contributed by atoms with E-state index in [1.807, 2.05) is 13.8 Å². The second-order valence-electron chi connectivity index (χ2n) is 4.69. The summed E-state index contributed by atoms with van der Waals surface area (Å²) in [7, 11) is 0. The van der Waals surface area contributed by atoms with E-state index in [2.05, 4.69) is 15.0 Å². The molecule has 6 nitrogen and oxygen atoms in total. The van der Waals surface area contributed by atoms with E-state index in [0.29, 0.717) is 17.2 Å². The molecule has 2 heterocycles. The molecule has 1 aromatic carbocycles. The summed E-state index contributed by atoms with van der Waals surface area (Å²) in [5.74, 6) is 0.314. The van der Waals surface area contributed by atoms with Crippen molar-refractivity contribution in [1.29, 1.82) is 0 Å². The summed E-state index contributed by atoms with van der Waals surface area (Å²) in [4.78, 5) is 11.9. The van der Waals surface area contributed by atoms with Gasteiger partial charge in [-0.25, -0.2) is 0 Å². The number of carbonyl (C=O) groups is 1. The van der Waals surface area contributed by atoms with Gasteiger partial charge in [-0.1, -0.05) is 12.1 Å². The van der Waals surface area contributed by atoms with E-state index >= 15 is 0 Å². The third-order valence-corrected chi connectivity index (χ3v) is 3.17. The van der Waals surface area contributed by atoms with Crippen LogP contribution >= 0.6 is 0 Å². The van der Waals surface area contributed by atoms with Crippen molar-refractivity contribution in [2.45, 2.75) is 26.1 Å². The van der Waals surface area contributed by atoms with Gasteiger partial charge in [-0.15, -0.1) is 0 Å². The summed E-state index contributed by atoms with van der Waals surface area (Å²) in [5, 5.41) is 6.30. The van der Waals surface area contributed by atoms with Gasteiger partial charge >= 0.3 is 0 Å². The van der Waals surface area contributed by atoms with Crippen LogP contribution < -0.4 is 14.8 Å². The fraction of sp³-hybridized carbons (Fsp3) is 0.286. The van der Waals surface area contributed by atoms with Crippen molar-refractivity contribution in [1.82, 2.24) is 5.16 Å². The van der Waals surface area contributed by atoms with E-state index in [1.54, 1.807) is 18.2 Å². The average Bonchev–Trinajstić information content (AvgIpc) is 3.05. The Balaban J connectivity index is 1.78. The largest absolute Gasteiger partial charge is 0.449 e. The highest BCUT2D eigenvalue weighted by molar-refractivity contribution is 6.02. The number of nitrogens with one attached hydrogen (secondary N) is 1. The maximum atomic E-state index is 11.9. The van der Waals surface area contributed by atoms with Crippen molar-refractivity contribution >= 4 is 11.6 Å². The minimum Gasteiger partial charge on any atom is -0.449 e. The first-order chi connectivity index (χ1) is 9.59. The van der Waals surface area contributed by atoms with E-state index < -0.39 is 5.79 Å². The molecule has 0 radical (unpaired) electrons. The molecular weight excluding hydrogens is 260 g/mol. The Morgan fingerprint density at radius 3 is 2.80 bits per heavy atom. The van der Waals surface area contributed by atoms with Crippen LogP contribution in [0.15, 0.2) is 35.1 Å². The first kappa shape index (κ1) is 12.5. The van der Waals surface area contributed by atoms with Gasteiger partial charge < -0.3 is 19.3 Å². The SMILES string of the molecule is CCC1(C)Oc2ccc(NC(=O)c3ccon3)cc2O1. The summed E-state index contributed by atoms with van der Waals surface area (Å²) in [6.07, 6.45) is 2.07. The highest BCUT2D eigenvalue weighted by atomic mass is 16.7. The van der Waals surface area contributed by atoms with Gasteiger partial charge in [0.2, 0.25) is 5.79 Å². The number of anilines is 1. The van der Waals surface area contributed by atoms with Crippen molar-refractivity contribution in [3.8, 4) is 11.5 Å². The van der Waals surface area contributed by atoms with Gasteiger partial charge in [0.15, 0.2) is 17.2 Å². The molecule has 6 heteroatoms. The van der Waals surface area contributed by atoms with Crippen molar-refractivity contribution < 1.29 is 18.8 Å². The quantitative estimate of drug-likeness (QED) is 0.931. The third kappa shape index (κ3) is 2.20.